The zero-order valence-corrected chi connectivity index (χ0v) is 17.9. The lowest BCUT2D eigenvalue weighted by molar-refractivity contribution is -0.256. The third-order valence-electron chi connectivity index (χ3n) is 7.12. The first kappa shape index (κ1) is 21.0. The van der Waals surface area contributed by atoms with Gasteiger partial charge in [-0.2, -0.15) is 0 Å². The molecule has 1 aliphatic carbocycles. The average molecular weight is 439 g/mol. The number of amides is 2. The van der Waals surface area contributed by atoms with Crippen LogP contribution in [0.4, 0.5) is 5.69 Å². The van der Waals surface area contributed by atoms with Crippen LogP contribution in [-0.2, 0) is 33.4 Å². The number of para-hydroxylation sites is 1. The van der Waals surface area contributed by atoms with E-state index in [0.29, 0.717) is 31.4 Å². The highest BCUT2D eigenvalue weighted by molar-refractivity contribution is 6.29. The van der Waals surface area contributed by atoms with Crippen LogP contribution in [0.2, 0.25) is 0 Å². The number of Topliss-reactive ketones (excluding diaryl/α,β-unsaturated/α-hetero) is 1. The molecule has 0 N–H and O–H groups in total. The van der Waals surface area contributed by atoms with Crippen molar-refractivity contribution >= 4 is 29.3 Å². The number of fused-ring (bicyclic) bond motifs is 6. The van der Waals surface area contributed by atoms with Gasteiger partial charge in [0.15, 0.2) is 11.6 Å². The van der Waals surface area contributed by atoms with E-state index in [2.05, 4.69) is 6.58 Å². The molecule has 1 aromatic rings. The van der Waals surface area contributed by atoms with E-state index in [0.717, 1.165) is 4.90 Å². The second kappa shape index (κ2) is 7.08. The Balaban J connectivity index is 1.64. The summed E-state index contributed by atoms with van der Waals surface area (Å²) in [6.45, 7) is 5.53. The third kappa shape index (κ3) is 2.34. The number of imide groups is 1. The second-order valence-corrected chi connectivity index (χ2v) is 8.72. The van der Waals surface area contributed by atoms with Crippen LogP contribution in [0.25, 0.3) is 0 Å². The Morgan fingerprint density at radius 2 is 1.88 bits per heavy atom. The van der Waals surface area contributed by atoms with E-state index in [1.165, 1.54) is 0 Å². The standard InChI is InChI=1S/C24H25NO7/c1-3-5-9-14-31-24-17-16(18(26)25(19(17)27)15-10-7-6-8-11-15)23(32-24,21(29)30-4-2)20(28)22(24)12-13-22/h3,6-8,10-11,16-17H,1,4-5,9,12-14H2,2H3/t16-,17+,23+,24-/m0/s1. The lowest BCUT2D eigenvalue weighted by atomic mass is 9.64. The van der Waals surface area contributed by atoms with Gasteiger partial charge >= 0.3 is 5.97 Å². The number of ether oxygens (including phenoxy) is 3. The van der Waals surface area contributed by atoms with Crippen LogP contribution in [0.3, 0.4) is 0 Å². The van der Waals surface area contributed by atoms with Gasteiger partial charge in [0.1, 0.15) is 11.8 Å². The van der Waals surface area contributed by atoms with Gasteiger partial charge in [-0.05, 0) is 44.7 Å². The molecule has 32 heavy (non-hydrogen) atoms. The first-order valence-corrected chi connectivity index (χ1v) is 11.0. The van der Waals surface area contributed by atoms with E-state index in [1.54, 1.807) is 43.3 Å². The number of allylic oxidation sites excluding steroid dienone is 1. The summed E-state index contributed by atoms with van der Waals surface area (Å²) < 4.78 is 17.6. The first-order valence-electron chi connectivity index (χ1n) is 11.0. The van der Waals surface area contributed by atoms with Gasteiger partial charge < -0.3 is 14.2 Å². The average Bonchev–Trinajstić information content (AvgIpc) is 3.42. The monoisotopic (exact) mass is 439 g/mol. The number of hydrogen-bond acceptors (Lipinski definition) is 7. The number of nitrogens with zero attached hydrogens (tertiary/aromatic N) is 1. The van der Waals surface area contributed by atoms with Crippen molar-refractivity contribution < 1.29 is 33.4 Å². The van der Waals surface area contributed by atoms with Crippen molar-refractivity contribution in [3.05, 3.63) is 43.0 Å². The number of anilines is 1. The molecule has 168 valence electrons. The third-order valence-corrected chi connectivity index (χ3v) is 7.12. The molecule has 3 saturated heterocycles. The highest BCUT2D eigenvalue weighted by Crippen LogP contribution is 2.75. The fraction of sp³-hybridized carbons (Fsp3) is 0.500. The van der Waals surface area contributed by atoms with Crippen LogP contribution in [0.1, 0.15) is 32.6 Å². The summed E-state index contributed by atoms with van der Waals surface area (Å²) in [7, 11) is 0. The fourth-order valence-electron chi connectivity index (χ4n) is 5.67. The molecule has 3 heterocycles. The van der Waals surface area contributed by atoms with Crippen molar-refractivity contribution in [2.45, 2.75) is 44.0 Å². The summed E-state index contributed by atoms with van der Waals surface area (Å²) in [4.78, 5) is 55.2. The second-order valence-electron chi connectivity index (χ2n) is 8.72. The summed E-state index contributed by atoms with van der Waals surface area (Å²) in [6, 6.07) is 8.48. The normalized spacial score (nSPS) is 33.7. The number of carbonyl (C=O) groups is 4. The zero-order chi connectivity index (χ0) is 22.7. The SMILES string of the molecule is C=CCCCO[C@@]12O[C@@](C(=O)OCC)(C(=O)C13CC3)[C@@H]1C(=O)N(c3ccccc3)C(=O)[C@@H]12. The molecule has 2 bridgehead atoms. The molecule has 4 atom stereocenters. The van der Waals surface area contributed by atoms with E-state index in [9.17, 15) is 19.2 Å². The number of benzene rings is 1. The predicted molar refractivity (Wildman–Crippen MR) is 111 cm³/mol. The number of esters is 1. The van der Waals surface area contributed by atoms with E-state index >= 15 is 0 Å². The molecule has 8 heteroatoms. The Morgan fingerprint density at radius 1 is 1.19 bits per heavy atom. The smallest absolute Gasteiger partial charge is 0.347 e. The van der Waals surface area contributed by atoms with E-state index < -0.39 is 52.2 Å². The van der Waals surface area contributed by atoms with Gasteiger partial charge in [-0.3, -0.25) is 14.4 Å². The molecule has 5 rings (SSSR count). The molecule has 0 aromatic heterocycles. The number of hydrogen-bond donors (Lipinski definition) is 0. The minimum atomic E-state index is -2.16. The van der Waals surface area contributed by atoms with Gasteiger partial charge in [-0.15, -0.1) is 6.58 Å². The Labute approximate surface area is 185 Å². The Bertz CT molecular complexity index is 1020. The molecule has 2 amide bonds. The van der Waals surface area contributed by atoms with Gasteiger partial charge in [0.25, 0.3) is 0 Å². The Hall–Kier alpha value is -2.84. The van der Waals surface area contributed by atoms with E-state index in [-0.39, 0.29) is 13.2 Å². The number of rotatable bonds is 8. The summed E-state index contributed by atoms with van der Waals surface area (Å²) in [6.07, 6.45) is 3.90. The zero-order valence-electron chi connectivity index (χ0n) is 17.9. The summed E-state index contributed by atoms with van der Waals surface area (Å²) >= 11 is 0. The van der Waals surface area contributed by atoms with E-state index in [1.807, 2.05) is 0 Å². The van der Waals surface area contributed by atoms with Crippen molar-refractivity contribution in [2.75, 3.05) is 18.1 Å². The van der Waals surface area contributed by atoms with Crippen LogP contribution in [0, 0.1) is 17.3 Å². The number of carbonyl (C=O) groups excluding carboxylic acids is 4. The molecule has 4 aliphatic rings. The molecule has 0 radical (unpaired) electrons. The maximum Gasteiger partial charge on any atom is 0.347 e. The van der Waals surface area contributed by atoms with Gasteiger partial charge in [-0.1, -0.05) is 24.3 Å². The molecule has 4 fully saturated rings. The van der Waals surface area contributed by atoms with Gasteiger partial charge in [0.05, 0.1) is 24.3 Å². The van der Waals surface area contributed by atoms with Gasteiger partial charge in [0.2, 0.25) is 17.4 Å². The molecular weight excluding hydrogens is 414 g/mol. The highest BCUT2D eigenvalue weighted by atomic mass is 16.7. The summed E-state index contributed by atoms with van der Waals surface area (Å²) in [5.41, 5.74) is -2.89. The number of ketones is 1. The largest absolute Gasteiger partial charge is 0.463 e. The minimum Gasteiger partial charge on any atom is -0.463 e. The number of unbranched alkanes of at least 4 members (excludes halogenated alkanes) is 1. The lowest BCUT2D eigenvalue weighted by Gasteiger charge is -2.37. The molecule has 0 unspecified atom stereocenters. The molecule has 1 aromatic carbocycles. The van der Waals surface area contributed by atoms with Crippen LogP contribution in [0.5, 0.6) is 0 Å². The molecule has 1 saturated carbocycles. The summed E-state index contributed by atoms with van der Waals surface area (Å²) in [5, 5.41) is 0. The Morgan fingerprint density at radius 3 is 2.50 bits per heavy atom. The van der Waals surface area contributed by atoms with Crippen molar-refractivity contribution in [3.63, 3.8) is 0 Å². The van der Waals surface area contributed by atoms with Crippen LogP contribution in [0.15, 0.2) is 43.0 Å². The van der Waals surface area contributed by atoms with Crippen molar-refractivity contribution in [2.24, 2.45) is 17.3 Å². The molecule has 1 spiro atoms. The van der Waals surface area contributed by atoms with E-state index in [4.69, 9.17) is 14.2 Å². The van der Waals surface area contributed by atoms with Crippen LogP contribution < -0.4 is 4.90 Å². The van der Waals surface area contributed by atoms with Crippen LogP contribution in [-0.4, -0.2) is 48.2 Å². The Kier molecular flexibility index (Phi) is 4.65. The molecule has 8 nitrogen and oxygen atoms in total. The first-order chi connectivity index (χ1) is 15.4. The summed E-state index contributed by atoms with van der Waals surface area (Å²) in [5.74, 6) is -6.63. The van der Waals surface area contributed by atoms with Crippen LogP contribution >= 0.6 is 0 Å². The predicted octanol–water partition coefficient (Wildman–Crippen LogP) is 2.17. The fourth-order valence-corrected chi connectivity index (χ4v) is 5.67. The van der Waals surface area contributed by atoms with Gasteiger partial charge in [0, 0.05) is 0 Å². The van der Waals surface area contributed by atoms with Gasteiger partial charge in [-0.25, -0.2) is 9.69 Å². The van der Waals surface area contributed by atoms with Crippen molar-refractivity contribution in [1.82, 2.24) is 0 Å². The highest BCUT2D eigenvalue weighted by Gasteiger charge is 2.93. The van der Waals surface area contributed by atoms with Crippen molar-refractivity contribution in [1.29, 1.82) is 0 Å². The lowest BCUT2D eigenvalue weighted by Crippen LogP contribution is -2.59. The topological polar surface area (TPSA) is 99.2 Å². The van der Waals surface area contributed by atoms with Crippen molar-refractivity contribution in [3.8, 4) is 0 Å². The minimum absolute atomic E-state index is 0.0132. The molecular formula is C24H25NO7. The quantitative estimate of drug-likeness (QED) is 0.201. The maximum absolute atomic E-state index is 13.7. The molecule has 3 aliphatic heterocycles. The maximum atomic E-state index is 13.7.